The third-order valence-electron chi connectivity index (χ3n) is 6.45. The summed E-state index contributed by atoms with van der Waals surface area (Å²) < 4.78 is 2.12. The number of nitrogens with one attached hydrogen (secondary N) is 1. The van der Waals surface area contributed by atoms with E-state index in [0.29, 0.717) is 17.9 Å². The maximum atomic E-state index is 12.9. The molecule has 3 aromatic carbocycles. The fourth-order valence-corrected chi connectivity index (χ4v) is 4.66. The molecule has 36 heavy (non-hydrogen) atoms. The van der Waals surface area contributed by atoms with E-state index in [2.05, 4.69) is 53.2 Å². The molecule has 5 heteroatoms. The predicted octanol–water partition coefficient (Wildman–Crippen LogP) is 7.44. The fourth-order valence-electron chi connectivity index (χ4n) is 4.54. The average molecular weight is 494 g/mol. The van der Waals surface area contributed by atoms with Gasteiger partial charge in [0.25, 0.3) is 0 Å². The summed E-state index contributed by atoms with van der Waals surface area (Å²) in [7, 11) is 0. The first-order valence-electron chi connectivity index (χ1n) is 12.2. The molecule has 1 N–H and O–H groups in total. The number of fused-ring (bicyclic) bond motifs is 1. The summed E-state index contributed by atoms with van der Waals surface area (Å²) in [4.78, 5) is 17.9. The number of benzene rings is 3. The van der Waals surface area contributed by atoms with Gasteiger partial charge in [0, 0.05) is 23.2 Å². The second-order valence-electron chi connectivity index (χ2n) is 9.13. The molecule has 0 saturated heterocycles. The molecule has 0 unspecified atom stereocenters. The topological polar surface area (TPSA) is 46.4 Å². The van der Waals surface area contributed by atoms with E-state index in [9.17, 15) is 4.79 Å². The lowest BCUT2D eigenvalue weighted by Crippen LogP contribution is -2.26. The highest BCUT2D eigenvalue weighted by molar-refractivity contribution is 6.30. The van der Waals surface area contributed by atoms with Crippen LogP contribution in [0.2, 0.25) is 5.02 Å². The Balaban J connectivity index is 1.48. The zero-order valence-corrected chi connectivity index (χ0v) is 21.2. The molecule has 5 aromatic rings. The summed E-state index contributed by atoms with van der Waals surface area (Å²) in [5, 5.41) is 3.81. The number of carbonyl (C=O) groups excluding carboxylic acids is 1. The van der Waals surface area contributed by atoms with Gasteiger partial charge >= 0.3 is 0 Å². The molecule has 0 aliphatic carbocycles. The van der Waals surface area contributed by atoms with E-state index < -0.39 is 0 Å². The molecule has 0 spiro atoms. The molecule has 4 nitrogen and oxygen atoms in total. The molecule has 0 saturated carbocycles. The van der Waals surface area contributed by atoms with Crippen molar-refractivity contribution in [1.82, 2.24) is 14.7 Å². The molecular formula is C31H28ClN3O. The second kappa shape index (κ2) is 10.4. The van der Waals surface area contributed by atoms with Crippen LogP contribution in [0.25, 0.3) is 28.0 Å². The van der Waals surface area contributed by atoms with Crippen LogP contribution in [0.3, 0.4) is 0 Å². The molecule has 180 valence electrons. The average Bonchev–Trinajstić information content (AvgIpc) is 3.26. The zero-order chi connectivity index (χ0) is 25.1. The zero-order valence-electron chi connectivity index (χ0n) is 20.4. The van der Waals surface area contributed by atoms with Crippen molar-refractivity contribution in [2.75, 3.05) is 0 Å². The van der Waals surface area contributed by atoms with Crippen LogP contribution in [0.1, 0.15) is 36.2 Å². The van der Waals surface area contributed by atoms with Gasteiger partial charge in [0.15, 0.2) is 0 Å². The Morgan fingerprint density at radius 3 is 2.42 bits per heavy atom. The number of amides is 1. The van der Waals surface area contributed by atoms with Crippen LogP contribution in [-0.4, -0.2) is 15.3 Å². The number of nitrogens with zero attached hydrogens (tertiary/aromatic N) is 2. The summed E-state index contributed by atoms with van der Waals surface area (Å²) in [5.74, 6) is 0.0122. The van der Waals surface area contributed by atoms with E-state index in [1.807, 2.05) is 67.6 Å². The number of aryl methyl sites for hydroxylation is 2. The number of rotatable bonds is 7. The molecule has 1 atom stereocenters. The molecule has 0 aliphatic rings. The van der Waals surface area contributed by atoms with Crippen molar-refractivity contribution in [3.05, 3.63) is 119 Å². The van der Waals surface area contributed by atoms with Gasteiger partial charge in [-0.25, -0.2) is 4.98 Å². The second-order valence-corrected chi connectivity index (χ2v) is 9.57. The Kier molecular flexibility index (Phi) is 6.88. The van der Waals surface area contributed by atoms with Crippen LogP contribution >= 0.6 is 11.6 Å². The number of halogens is 1. The summed E-state index contributed by atoms with van der Waals surface area (Å²) in [6.45, 7) is 4.10. The lowest BCUT2D eigenvalue weighted by atomic mass is 10.0. The fraction of sp³-hybridized carbons (Fsp3) is 0.161. The van der Waals surface area contributed by atoms with Crippen LogP contribution in [0.15, 0.2) is 97.2 Å². The van der Waals surface area contributed by atoms with Crippen LogP contribution < -0.4 is 5.32 Å². The van der Waals surface area contributed by atoms with Crippen LogP contribution in [-0.2, 0) is 11.2 Å². The molecule has 0 aliphatic heterocycles. The Hall–Kier alpha value is -3.89. The van der Waals surface area contributed by atoms with Gasteiger partial charge in [-0.1, -0.05) is 83.9 Å². The summed E-state index contributed by atoms with van der Waals surface area (Å²) in [6.07, 6.45) is 3.04. The van der Waals surface area contributed by atoms with E-state index in [4.69, 9.17) is 16.6 Å². The Morgan fingerprint density at radius 1 is 0.917 bits per heavy atom. The SMILES string of the molecule is Cc1cccc(-c2ccc3nc(-c4ccc(Cl)cc4)c(CCC(=O)N[C@@H](C)c4ccccc4)n3c2)c1. The lowest BCUT2D eigenvalue weighted by Gasteiger charge is -2.14. The van der Waals surface area contributed by atoms with Crippen molar-refractivity contribution in [3.8, 4) is 22.4 Å². The first-order valence-corrected chi connectivity index (χ1v) is 12.5. The van der Waals surface area contributed by atoms with Crippen molar-refractivity contribution in [2.24, 2.45) is 0 Å². The Bertz CT molecular complexity index is 1510. The number of aromatic nitrogens is 2. The first-order chi connectivity index (χ1) is 17.5. The quantitative estimate of drug-likeness (QED) is 0.256. The third-order valence-corrected chi connectivity index (χ3v) is 6.70. The van der Waals surface area contributed by atoms with Crippen molar-refractivity contribution in [1.29, 1.82) is 0 Å². The lowest BCUT2D eigenvalue weighted by molar-refractivity contribution is -0.121. The van der Waals surface area contributed by atoms with Gasteiger partial charge in [0.1, 0.15) is 5.65 Å². The molecule has 0 radical (unpaired) electrons. The highest BCUT2D eigenvalue weighted by Gasteiger charge is 2.17. The highest BCUT2D eigenvalue weighted by atomic mass is 35.5. The van der Waals surface area contributed by atoms with Crippen molar-refractivity contribution in [2.45, 2.75) is 32.7 Å². The molecular weight excluding hydrogens is 466 g/mol. The van der Waals surface area contributed by atoms with Crippen LogP contribution in [0.5, 0.6) is 0 Å². The van der Waals surface area contributed by atoms with Gasteiger partial charge in [0.05, 0.1) is 17.4 Å². The Morgan fingerprint density at radius 2 is 1.67 bits per heavy atom. The van der Waals surface area contributed by atoms with Gasteiger partial charge in [-0.15, -0.1) is 0 Å². The molecule has 2 heterocycles. The molecule has 0 bridgehead atoms. The number of hydrogen-bond donors (Lipinski definition) is 1. The molecule has 2 aromatic heterocycles. The smallest absolute Gasteiger partial charge is 0.220 e. The standard InChI is InChI=1S/C31H28ClN3O/c1-21-7-6-10-25(19-21)26-13-17-29-34-31(24-11-14-27(32)15-12-24)28(35(29)20-26)16-18-30(36)33-22(2)23-8-4-3-5-9-23/h3-15,17,19-20,22H,16,18H2,1-2H3,(H,33,36)/t22-/m0/s1. The molecule has 0 fully saturated rings. The minimum atomic E-state index is -0.0513. The van der Waals surface area contributed by atoms with Gasteiger partial charge in [-0.2, -0.15) is 0 Å². The number of hydrogen-bond acceptors (Lipinski definition) is 2. The highest BCUT2D eigenvalue weighted by Crippen LogP contribution is 2.29. The summed E-state index contributed by atoms with van der Waals surface area (Å²) >= 11 is 6.14. The van der Waals surface area contributed by atoms with Gasteiger partial charge in [-0.3, -0.25) is 4.79 Å². The van der Waals surface area contributed by atoms with Crippen molar-refractivity contribution >= 4 is 23.2 Å². The van der Waals surface area contributed by atoms with Gasteiger partial charge in [0.2, 0.25) is 5.91 Å². The molecule has 1 amide bonds. The van der Waals surface area contributed by atoms with Gasteiger partial charge in [-0.05, 0) is 61.2 Å². The van der Waals surface area contributed by atoms with Crippen LogP contribution in [0.4, 0.5) is 0 Å². The number of carbonyl (C=O) groups is 1. The third kappa shape index (κ3) is 5.19. The van der Waals surface area contributed by atoms with E-state index in [1.165, 1.54) is 5.56 Å². The van der Waals surface area contributed by atoms with E-state index in [1.54, 1.807) is 0 Å². The predicted molar refractivity (Wildman–Crippen MR) is 147 cm³/mol. The minimum absolute atomic E-state index is 0.0122. The van der Waals surface area contributed by atoms with E-state index in [-0.39, 0.29) is 11.9 Å². The number of pyridine rings is 1. The monoisotopic (exact) mass is 493 g/mol. The van der Waals surface area contributed by atoms with E-state index >= 15 is 0 Å². The number of imidazole rings is 1. The van der Waals surface area contributed by atoms with Crippen molar-refractivity contribution in [3.63, 3.8) is 0 Å². The minimum Gasteiger partial charge on any atom is -0.350 e. The van der Waals surface area contributed by atoms with E-state index in [0.717, 1.165) is 39.3 Å². The largest absolute Gasteiger partial charge is 0.350 e. The normalized spacial score (nSPS) is 12.0. The maximum absolute atomic E-state index is 12.9. The molecule has 5 rings (SSSR count). The first kappa shape index (κ1) is 23.8. The maximum Gasteiger partial charge on any atom is 0.220 e. The van der Waals surface area contributed by atoms with Crippen LogP contribution in [0, 0.1) is 6.92 Å². The summed E-state index contributed by atoms with van der Waals surface area (Å²) in [5.41, 5.74) is 8.27. The Labute approximate surface area is 216 Å². The van der Waals surface area contributed by atoms with Crippen molar-refractivity contribution < 1.29 is 4.79 Å². The summed E-state index contributed by atoms with van der Waals surface area (Å²) in [6, 6.07) is 30.3. The van der Waals surface area contributed by atoms with Gasteiger partial charge < -0.3 is 9.72 Å².